The molecule has 3 rings (SSSR count). The zero-order valence-corrected chi connectivity index (χ0v) is 14.0. The maximum Gasteiger partial charge on any atom is 0.290 e. The van der Waals surface area contributed by atoms with Crippen molar-refractivity contribution in [1.29, 1.82) is 0 Å². The second-order valence-electron chi connectivity index (χ2n) is 5.63. The third-order valence-corrected chi connectivity index (χ3v) is 4.88. The number of ketones is 1. The third-order valence-electron chi connectivity index (χ3n) is 4.01. The van der Waals surface area contributed by atoms with Crippen molar-refractivity contribution in [3.8, 4) is 0 Å². The van der Waals surface area contributed by atoms with E-state index in [1.165, 1.54) is 16.2 Å². The van der Waals surface area contributed by atoms with E-state index in [9.17, 15) is 14.7 Å². The summed E-state index contributed by atoms with van der Waals surface area (Å²) in [5, 5.41) is 12.1. The van der Waals surface area contributed by atoms with Crippen LogP contribution in [0, 0.1) is 6.92 Å². The standard InChI is InChI=1S/C19H17NO3S/c1-3-10-20-16(13-8-6-12(2)7-9-13)15(18(22)19(20)23)17(21)14-5-4-11-24-14/h3-9,11,16,22H,1,10H2,2H3. The van der Waals surface area contributed by atoms with E-state index < -0.39 is 17.7 Å². The molecule has 0 bridgehead atoms. The fraction of sp³-hybridized carbons (Fsp3) is 0.158. The van der Waals surface area contributed by atoms with Gasteiger partial charge in [-0.15, -0.1) is 17.9 Å². The van der Waals surface area contributed by atoms with E-state index in [4.69, 9.17) is 0 Å². The minimum absolute atomic E-state index is 0.133. The van der Waals surface area contributed by atoms with Crippen molar-refractivity contribution in [2.75, 3.05) is 6.54 Å². The summed E-state index contributed by atoms with van der Waals surface area (Å²) < 4.78 is 0. The summed E-state index contributed by atoms with van der Waals surface area (Å²) >= 11 is 1.29. The van der Waals surface area contributed by atoms with Crippen molar-refractivity contribution in [3.63, 3.8) is 0 Å². The minimum atomic E-state index is -0.606. The van der Waals surface area contributed by atoms with Crippen LogP contribution < -0.4 is 0 Å². The van der Waals surface area contributed by atoms with Gasteiger partial charge in [-0.3, -0.25) is 9.59 Å². The second kappa shape index (κ2) is 6.45. The summed E-state index contributed by atoms with van der Waals surface area (Å²) in [6.07, 6.45) is 1.59. The van der Waals surface area contributed by atoms with Crippen LogP contribution in [0.2, 0.25) is 0 Å². The normalized spacial score (nSPS) is 17.5. The summed E-state index contributed by atoms with van der Waals surface area (Å²) in [4.78, 5) is 27.3. The summed E-state index contributed by atoms with van der Waals surface area (Å²) in [6, 6.07) is 10.5. The third kappa shape index (κ3) is 2.67. The van der Waals surface area contributed by atoms with Crippen LogP contribution in [0.15, 0.2) is 65.8 Å². The molecule has 1 aliphatic heterocycles. The average Bonchev–Trinajstić information content (AvgIpc) is 3.19. The maximum atomic E-state index is 12.9. The first kappa shape index (κ1) is 16.2. The maximum absolute atomic E-state index is 12.9. The van der Waals surface area contributed by atoms with Gasteiger partial charge in [0.1, 0.15) is 0 Å². The number of amides is 1. The van der Waals surface area contributed by atoms with Crippen LogP contribution in [-0.4, -0.2) is 28.2 Å². The predicted molar refractivity (Wildman–Crippen MR) is 94.1 cm³/mol. The molecular weight excluding hydrogens is 322 g/mol. The van der Waals surface area contributed by atoms with Crippen molar-refractivity contribution in [2.24, 2.45) is 0 Å². The number of hydrogen-bond donors (Lipinski definition) is 1. The van der Waals surface area contributed by atoms with E-state index in [1.54, 1.807) is 23.6 Å². The molecule has 1 amide bonds. The molecule has 0 saturated carbocycles. The summed E-state index contributed by atoms with van der Waals surface area (Å²) in [5.74, 6) is -1.32. The summed E-state index contributed by atoms with van der Waals surface area (Å²) in [6.45, 7) is 5.89. The Kier molecular flexibility index (Phi) is 4.36. The monoisotopic (exact) mass is 339 g/mol. The molecule has 4 nitrogen and oxygen atoms in total. The van der Waals surface area contributed by atoms with Crippen LogP contribution in [0.4, 0.5) is 0 Å². The van der Waals surface area contributed by atoms with Gasteiger partial charge in [0.15, 0.2) is 5.76 Å². The van der Waals surface area contributed by atoms with Gasteiger partial charge in [0, 0.05) is 6.54 Å². The lowest BCUT2D eigenvalue weighted by atomic mass is 9.95. The van der Waals surface area contributed by atoms with Gasteiger partial charge >= 0.3 is 0 Å². The molecule has 1 N–H and O–H groups in total. The van der Waals surface area contributed by atoms with E-state index in [-0.39, 0.29) is 17.9 Å². The second-order valence-corrected chi connectivity index (χ2v) is 6.58. The number of Topliss-reactive ketones (excluding diaryl/α,β-unsaturated/α-hetero) is 1. The Balaban J connectivity index is 2.11. The van der Waals surface area contributed by atoms with E-state index in [2.05, 4.69) is 6.58 Å². The first-order valence-corrected chi connectivity index (χ1v) is 8.42. The van der Waals surface area contributed by atoms with Gasteiger partial charge in [0.05, 0.1) is 16.5 Å². The molecule has 1 aromatic carbocycles. The zero-order chi connectivity index (χ0) is 17.3. The van der Waals surface area contributed by atoms with Gasteiger partial charge in [-0.2, -0.15) is 0 Å². The Morgan fingerprint density at radius 1 is 1.33 bits per heavy atom. The molecule has 0 fully saturated rings. The number of thiophene rings is 1. The van der Waals surface area contributed by atoms with Crippen LogP contribution in [0.25, 0.3) is 0 Å². The Labute approximate surface area is 144 Å². The lowest BCUT2D eigenvalue weighted by Crippen LogP contribution is -2.31. The van der Waals surface area contributed by atoms with Crippen molar-refractivity contribution >= 4 is 23.0 Å². The molecule has 1 unspecified atom stereocenters. The van der Waals surface area contributed by atoms with Gasteiger partial charge in [0.2, 0.25) is 5.78 Å². The van der Waals surface area contributed by atoms with Crippen LogP contribution in [0.3, 0.4) is 0 Å². The Morgan fingerprint density at radius 3 is 2.62 bits per heavy atom. The number of benzene rings is 1. The Hall–Kier alpha value is -2.66. The van der Waals surface area contributed by atoms with Crippen molar-refractivity contribution < 1.29 is 14.7 Å². The number of carbonyl (C=O) groups is 2. The number of aliphatic hydroxyl groups is 1. The van der Waals surface area contributed by atoms with Gasteiger partial charge in [-0.05, 0) is 23.9 Å². The van der Waals surface area contributed by atoms with Crippen molar-refractivity contribution in [1.82, 2.24) is 4.90 Å². The molecule has 0 spiro atoms. The molecule has 0 saturated heterocycles. The highest BCUT2D eigenvalue weighted by Crippen LogP contribution is 2.39. The fourth-order valence-electron chi connectivity index (χ4n) is 2.85. The van der Waals surface area contributed by atoms with E-state index in [0.717, 1.165) is 11.1 Å². The molecule has 1 aliphatic rings. The number of nitrogens with zero attached hydrogens (tertiary/aromatic N) is 1. The van der Waals surface area contributed by atoms with Crippen LogP contribution in [-0.2, 0) is 4.79 Å². The lowest BCUT2D eigenvalue weighted by Gasteiger charge is -2.25. The quantitative estimate of drug-likeness (QED) is 0.665. The Bertz CT molecular complexity index is 819. The average molecular weight is 339 g/mol. The van der Waals surface area contributed by atoms with Crippen LogP contribution in [0.1, 0.15) is 26.8 Å². The number of carbonyl (C=O) groups excluding carboxylic acids is 2. The summed E-state index contributed by atoms with van der Waals surface area (Å²) in [5.41, 5.74) is 2.01. The highest BCUT2D eigenvalue weighted by atomic mass is 32.1. The SMILES string of the molecule is C=CCN1C(=O)C(O)=C(C(=O)c2cccs2)C1c1ccc(C)cc1. The molecular formula is C19H17NO3S. The molecule has 1 aromatic heterocycles. The molecule has 5 heteroatoms. The van der Waals surface area contributed by atoms with E-state index in [1.807, 2.05) is 31.2 Å². The zero-order valence-electron chi connectivity index (χ0n) is 13.2. The molecule has 24 heavy (non-hydrogen) atoms. The molecule has 0 radical (unpaired) electrons. The lowest BCUT2D eigenvalue weighted by molar-refractivity contribution is -0.128. The summed E-state index contributed by atoms with van der Waals surface area (Å²) in [7, 11) is 0. The molecule has 2 aromatic rings. The highest BCUT2D eigenvalue weighted by Gasteiger charge is 2.43. The smallest absolute Gasteiger partial charge is 0.290 e. The predicted octanol–water partition coefficient (Wildman–Crippen LogP) is 3.82. The number of rotatable bonds is 5. The Morgan fingerprint density at radius 2 is 2.04 bits per heavy atom. The van der Waals surface area contributed by atoms with E-state index >= 15 is 0 Å². The van der Waals surface area contributed by atoms with Gasteiger partial charge in [0.25, 0.3) is 5.91 Å². The number of hydrogen-bond acceptors (Lipinski definition) is 4. The molecule has 122 valence electrons. The molecule has 0 aliphatic carbocycles. The largest absolute Gasteiger partial charge is 0.503 e. The first-order chi connectivity index (χ1) is 11.5. The van der Waals surface area contributed by atoms with Gasteiger partial charge in [-0.1, -0.05) is 42.0 Å². The first-order valence-electron chi connectivity index (χ1n) is 7.54. The van der Waals surface area contributed by atoms with Crippen LogP contribution in [0.5, 0.6) is 0 Å². The fourth-order valence-corrected chi connectivity index (χ4v) is 3.53. The van der Waals surface area contributed by atoms with E-state index in [0.29, 0.717) is 4.88 Å². The van der Waals surface area contributed by atoms with Gasteiger partial charge in [-0.25, -0.2) is 0 Å². The minimum Gasteiger partial charge on any atom is -0.503 e. The van der Waals surface area contributed by atoms with Crippen molar-refractivity contribution in [2.45, 2.75) is 13.0 Å². The van der Waals surface area contributed by atoms with Crippen molar-refractivity contribution in [3.05, 3.63) is 81.8 Å². The molecule has 2 heterocycles. The van der Waals surface area contributed by atoms with Gasteiger partial charge < -0.3 is 10.0 Å². The highest BCUT2D eigenvalue weighted by molar-refractivity contribution is 7.12. The van der Waals surface area contributed by atoms with Crippen LogP contribution >= 0.6 is 11.3 Å². The number of aliphatic hydroxyl groups excluding tert-OH is 1. The topological polar surface area (TPSA) is 57.6 Å². The number of aryl methyl sites for hydroxylation is 1. The molecule has 1 atom stereocenters.